The Morgan fingerprint density at radius 1 is 1.40 bits per heavy atom. The molecule has 2 heterocycles. The van der Waals surface area contributed by atoms with E-state index in [0.717, 1.165) is 0 Å². The number of carbonyl (C=O) groups is 1. The number of nitrogens with two attached hydrogens (primary N) is 1. The molecule has 4 N–H and O–H groups in total. The zero-order chi connectivity index (χ0) is 10.7. The lowest BCUT2D eigenvalue weighted by Crippen LogP contribution is -2.13. The van der Waals surface area contributed by atoms with Crippen LogP contribution >= 0.6 is 0 Å². The average Bonchev–Trinajstić information content (AvgIpc) is 2.66. The standard InChI is InChI=1S/C8H8N6O/c9-6-4-12-14-7(6)13-8(15)5-1-2-10-11-3-5/h1-4H,9H2,(H2,12,13,14,15). The molecule has 0 saturated carbocycles. The van der Waals surface area contributed by atoms with Crippen LogP contribution in [-0.4, -0.2) is 26.3 Å². The van der Waals surface area contributed by atoms with E-state index in [1.54, 1.807) is 6.07 Å². The summed E-state index contributed by atoms with van der Waals surface area (Å²) in [5.74, 6) is 0.0534. The van der Waals surface area contributed by atoms with Crippen molar-refractivity contribution in [3.63, 3.8) is 0 Å². The first-order valence-electron chi connectivity index (χ1n) is 4.14. The normalized spacial score (nSPS) is 9.87. The quantitative estimate of drug-likeness (QED) is 0.639. The van der Waals surface area contributed by atoms with E-state index < -0.39 is 0 Å². The van der Waals surface area contributed by atoms with Crippen LogP contribution in [0.5, 0.6) is 0 Å². The Hall–Kier alpha value is -2.44. The van der Waals surface area contributed by atoms with Gasteiger partial charge in [0.1, 0.15) is 0 Å². The van der Waals surface area contributed by atoms with Crippen molar-refractivity contribution >= 4 is 17.4 Å². The Bertz CT molecular complexity index is 465. The van der Waals surface area contributed by atoms with Crippen LogP contribution in [0.25, 0.3) is 0 Å². The number of carbonyl (C=O) groups excluding carboxylic acids is 1. The second-order valence-electron chi connectivity index (χ2n) is 2.79. The molecule has 2 rings (SSSR count). The zero-order valence-corrected chi connectivity index (χ0v) is 7.64. The summed E-state index contributed by atoms with van der Waals surface area (Å²) < 4.78 is 0. The topological polar surface area (TPSA) is 110 Å². The monoisotopic (exact) mass is 204 g/mol. The number of aromatic amines is 1. The maximum absolute atomic E-state index is 11.6. The van der Waals surface area contributed by atoms with Crippen molar-refractivity contribution < 1.29 is 4.79 Å². The van der Waals surface area contributed by atoms with Gasteiger partial charge in [-0.15, -0.1) is 0 Å². The van der Waals surface area contributed by atoms with Crippen molar-refractivity contribution in [2.45, 2.75) is 0 Å². The first kappa shape index (κ1) is 9.13. The van der Waals surface area contributed by atoms with E-state index in [4.69, 9.17) is 5.73 Å². The lowest BCUT2D eigenvalue weighted by molar-refractivity contribution is 0.102. The number of nitrogen functional groups attached to an aromatic ring is 1. The first-order valence-corrected chi connectivity index (χ1v) is 4.14. The van der Waals surface area contributed by atoms with Gasteiger partial charge in [-0.3, -0.25) is 9.89 Å². The number of amides is 1. The minimum atomic E-state index is -0.319. The summed E-state index contributed by atoms with van der Waals surface area (Å²) in [5, 5.41) is 16.0. The van der Waals surface area contributed by atoms with Gasteiger partial charge < -0.3 is 11.1 Å². The lowest BCUT2D eigenvalue weighted by atomic mass is 10.3. The van der Waals surface area contributed by atoms with E-state index >= 15 is 0 Å². The number of hydrogen-bond donors (Lipinski definition) is 3. The molecule has 0 spiro atoms. The Balaban J connectivity index is 2.15. The molecule has 7 heteroatoms. The number of H-pyrrole nitrogens is 1. The summed E-state index contributed by atoms with van der Waals surface area (Å²) in [6.07, 6.45) is 4.22. The molecule has 7 nitrogen and oxygen atoms in total. The molecule has 0 aromatic carbocycles. The predicted molar refractivity (Wildman–Crippen MR) is 53.0 cm³/mol. The summed E-state index contributed by atoms with van der Waals surface area (Å²) in [7, 11) is 0. The van der Waals surface area contributed by atoms with Gasteiger partial charge in [-0.2, -0.15) is 15.3 Å². The van der Waals surface area contributed by atoms with Crippen molar-refractivity contribution in [2.75, 3.05) is 11.1 Å². The molecule has 0 fully saturated rings. The Kier molecular flexibility index (Phi) is 2.28. The number of rotatable bonds is 2. The van der Waals surface area contributed by atoms with Crippen LogP contribution in [0.1, 0.15) is 10.4 Å². The molecule has 0 atom stereocenters. The molecule has 0 saturated heterocycles. The second-order valence-corrected chi connectivity index (χ2v) is 2.79. The highest BCUT2D eigenvalue weighted by atomic mass is 16.1. The highest BCUT2D eigenvalue weighted by Gasteiger charge is 2.08. The Labute approximate surface area is 84.7 Å². The van der Waals surface area contributed by atoms with Crippen LogP contribution in [0.3, 0.4) is 0 Å². The van der Waals surface area contributed by atoms with Crippen LogP contribution < -0.4 is 11.1 Å². The minimum Gasteiger partial charge on any atom is -0.394 e. The van der Waals surface area contributed by atoms with Crippen molar-refractivity contribution in [1.82, 2.24) is 20.4 Å². The minimum absolute atomic E-state index is 0.319. The SMILES string of the molecule is Nc1cn[nH]c1NC(=O)c1ccnnc1. The lowest BCUT2D eigenvalue weighted by Gasteiger charge is -2.01. The summed E-state index contributed by atoms with van der Waals surface area (Å²) >= 11 is 0. The molecule has 2 aromatic heterocycles. The third-order valence-corrected chi connectivity index (χ3v) is 1.75. The summed E-state index contributed by atoms with van der Waals surface area (Å²) in [4.78, 5) is 11.6. The molecule has 1 amide bonds. The van der Waals surface area contributed by atoms with Crippen LogP contribution in [0.4, 0.5) is 11.5 Å². The molecule has 0 aliphatic rings. The number of anilines is 2. The van der Waals surface area contributed by atoms with Gasteiger partial charge in [-0.25, -0.2) is 0 Å². The fraction of sp³-hybridized carbons (Fsp3) is 0. The fourth-order valence-corrected chi connectivity index (χ4v) is 1.01. The highest BCUT2D eigenvalue weighted by Crippen LogP contribution is 2.13. The first-order chi connectivity index (χ1) is 7.27. The summed E-state index contributed by atoms with van der Waals surface area (Å²) in [6.45, 7) is 0. The highest BCUT2D eigenvalue weighted by molar-refractivity contribution is 6.04. The van der Waals surface area contributed by atoms with Gasteiger partial charge in [0.25, 0.3) is 5.91 Å². The van der Waals surface area contributed by atoms with E-state index in [1.165, 1.54) is 18.6 Å². The molecule has 0 bridgehead atoms. The van der Waals surface area contributed by atoms with Crippen molar-refractivity contribution in [3.8, 4) is 0 Å². The maximum atomic E-state index is 11.6. The maximum Gasteiger partial charge on any atom is 0.258 e. The number of hydrogen-bond acceptors (Lipinski definition) is 5. The van der Waals surface area contributed by atoms with E-state index in [2.05, 4.69) is 25.7 Å². The van der Waals surface area contributed by atoms with Gasteiger partial charge >= 0.3 is 0 Å². The molecule has 0 radical (unpaired) electrons. The number of aromatic nitrogens is 4. The van der Waals surface area contributed by atoms with Gasteiger partial charge in [0.2, 0.25) is 0 Å². The van der Waals surface area contributed by atoms with E-state index in [1.807, 2.05) is 0 Å². The van der Waals surface area contributed by atoms with E-state index in [9.17, 15) is 4.79 Å². The molecule has 0 unspecified atom stereocenters. The third kappa shape index (κ3) is 1.90. The van der Waals surface area contributed by atoms with Crippen LogP contribution in [0, 0.1) is 0 Å². The zero-order valence-electron chi connectivity index (χ0n) is 7.64. The predicted octanol–water partition coefficient (Wildman–Crippen LogP) is 0.0342. The van der Waals surface area contributed by atoms with Crippen molar-refractivity contribution in [2.24, 2.45) is 0 Å². The van der Waals surface area contributed by atoms with Gasteiger partial charge in [0, 0.05) is 0 Å². The van der Waals surface area contributed by atoms with Gasteiger partial charge in [-0.1, -0.05) is 0 Å². The van der Waals surface area contributed by atoms with Crippen molar-refractivity contribution in [1.29, 1.82) is 0 Å². The van der Waals surface area contributed by atoms with Crippen molar-refractivity contribution in [3.05, 3.63) is 30.2 Å². The van der Waals surface area contributed by atoms with Gasteiger partial charge in [0.05, 0.1) is 29.8 Å². The average molecular weight is 204 g/mol. The largest absolute Gasteiger partial charge is 0.394 e. The fourth-order valence-electron chi connectivity index (χ4n) is 1.01. The molecular weight excluding hydrogens is 196 g/mol. The molecule has 76 valence electrons. The van der Waals surface area contributed by atoms with E-state index in [0.29, 0.717) is 17.1 Å². The smallest absolute Gasteiger partial charge is 0.258 e. The van der Waals surface area contributed by atoms with E-state index in [-0.39, 0.29) is 5.91 Å². The van der Waals surface area contributed by atoms with Crippen LogP contribution in [0.15, 0.2) is 24.7 Å². The Morgan fingerprint density at radius 2 is 2.27 bits per heavy atom. The van der Waals surface area contributed by atoms with Crippen LogP contribution in [-0.2, 0) is 0 Å². The number of nitrogens with one attached hydrogen (secondary N) is 2. The Morgan fingerprint density at radius 3 is 2.87 bits per heavy atom. The molecule has 2 aromatic rings. The molecule has 0 aliphatic carbocycles. The molecule has 15 heavy (non-hydrogen) atoms. The van der Waals surface area contributed by atoms with Crippen LogP contribution in [0.2, 0.25) is 0 Å². The third-order valence-electron chi connectivity index (χ3n) is 1.75. The summed E-state index contributed by atoms with van der Waals surface area (Å²) in [5.41, 5.74) is 6.31. The van der Waals surface area contributed by atoms with Gasteiger partial charge in [-0.05, 0) is 6.07 Å². The molecule has 0 aliphatic heterocycles. The summed E-state index contributed by atoms with van der Waals surface area (Å²) in [6, 6.07) is 1.55. The number of nitrogens with zero attached hydrogens (tertiary/aromatic N) is 3. The second kappa shape index (κ2) is 3.74. The van der Waals surface area contributed by atoms with Gasteiger partial charge in [0.15, 0.2) is 5.82 Å². The molecular formula is C8H8N6O.